The molecule has 0 radical (unpaired) electrons. The normalized spacial score (nSPS) is 16.9. The molecule has 1 saturated carbocycles. The largest absolute Gasteiger partial charge is 0.383 e. The molecule has 2 aromatic rings. The van der Waals surface area contributed by atoms with E-state index in [1.807, 2.05) is 6.92 Å². The van der Waals surface area contributed by atoms with Crippen molar-refractivity contribution in [1.82, 2.24) is 14.5 Å². The molecule has 2 aromatic heterocycles. The summed E-state index contributed by atoms with van der Waals surface area (Å²) in [6, 6.07) is 0. The van der Waals surface area contributed by atoms with E-state index in [0.717, 1.165) is 29.3 Å². The fraction of sp³-hybridized carbons (Fsp3) is 0.625. The van der Waals surface area contributed by atoms with E-state index in [-0.39, 0.29) is 0 Å². The molecule has 108 valence electrons. The Balaban J connectivity index is 2.07. The van der Waals surface area contributed by atoms with E-state index in [4.69, 9.17) is 5.73 Å². The van der Waals surface area contributed by atoms with Gasteiger partial charge in [0.2, 0.25) is 0 Å². The number of aryl methyl sites for hydroxylation is 2. The first-order valence-electron chi connectivity index (χ1n) is 7.67. The van der Waals surface area contributed by atoms with Crippen LogP contribution in [0.15, 0.2) is 0 Å². The number of hydrogen-bond donors (Lipinski definition) is 1. The lowest BCUT2D eigenvalue weighted by Gasteiger charge is -2.23. The van der Waals surface area contributed by atoms with Gasteiger partial charge in [0.15, 0.2) is 0 Å². The molecule has 0 unspecified atom stereocenters. The molecule has 2 heterocycles. The molecule has 0 spiro atoms. The van der Waals surface area contributed by atoms with Crippen LogP contribution in [0.3, 0.4) is 0 Å². The monoisotopic (exact) mass is 272 g/mol. The van der Waals surface area contributed by atoms with Crippen LogP contribution in [-0.2, 0) is 6.54 Å². The van der Waals surface area contributed by atoms with Crippen LogP contribution in [0, 0.1) is 26.7 Å². The summed E-state index contributed by atoms with van der Waals surface area (Å²) in [6.07, 6.45) is 6.83. The van der Waals surface area contributed by atoms with Gasteiger partial charge in [-0.3, -0.25) is 0 Å². The lowest BCUT2D eigenvalue weighted by atomic mass is 9.89. The maximum atomic E-state index is 6.11. The molecule has 0 aromatic carbocycles. The van der Waals surface area contributed by atoms with Gasteiger partial charge in [-0.2, -0.15) is 0 Å². The second-order valence-electron chi connectivity index (χ2n) is 6.18. The van der Waals surface area contributed by atoms with Crippen LogP contribution in [0.2, 0.25) is 0 Å². The Morgan fingerprint density at radius 1 is 1.10 bits per heavy atom. The molecule has 3 rings (SSSR count). The van der Waals surface area contributed by atoms with Gasteiger partial charge < -0.3 is 10.3 Å². The van der Waals surface area contributed by atoms with Crippen molar-refractivity contribution >= 4 is 16.9 Å². The number of fused-ring (bicyclic) bond motifs is 1. The van der Waals surface area contributed by atoms with Gasteiger partial charge in [-0.25, -0.2) is 9.97 Å². The first-order chi connectivity index (χ1) is 9.58. The van der Waals surface area contributed by atoms with Gasteiger partial charge in [0, 0.05) is 12.2 Å². The SMILES string of the molecule is Cc1nc(N)c2c(C)c(C)n(CC3CCCCC3)c2n1. The summed E-state index contributed by atoms with van der Waals surface area (Å²) in [4.78, 5) is 8.97. The number of rotatable bonds is 2. The third kappa shape index (κ3) is 2.17. The predicted octanol–water partition coefficient (Wildman–Crippen LogP) is 3.52. The van der Waals surface area contributed by atoms with Crippen LogP contribution in [0.25, 0.3) is 11.0 Å². The van der Waals surface area contributed by atoms with E-state index in [2.05, 4.69) is 28.4 Å². The average Bonchev–Trinajstić information content (AvgIpc) is 2.65. The molecule has 0 bridgehead atoms. The molecule has 4 heteroatoms. The standard InChI is InChI=1S/C16H24N4/c1-10-11(2)20(9-13-7-5-4-6-8-13)16-14(10)15(17)18-12(3)19-16/h13H,4-9H2,1-3H3,(H2,17,18,19). The molecule has 0 saturated heterocycles. The highest BCUT2D eigenvalue weighted by molar-refractivity contribution is 5.91. The third-order valence-electron chi connectivity index (χ3n) is 4.77. The van der Waals surface area contributed by atoms with Crippen molar-refractivity contribution in [3.05, 3.63) is 17.1 Å². The highest BCUT2D eigenvalue weighted by Crippen LogP contribution is 2.31. The number of nitrogens with zero attached hydrogens (tertiary/aromatic N) is 3. The Bertz CT molecular complexity index is 636. The Hall–Kier alpha value is -1.58. The molecule has 0 amide bonds. The Morgan fingerprint density at radius 2 is 1.80 bits per heavy atom. The molecule has 1 aliphatic carbocycles. The minimum atomic E-state index is 0.621. The van der Waals surface area contributed by atoms with Gasteiger partial charge in [-0.15, -0.1) is 0 Å². The van der Waals surface area contributed by atoms with Crippen molar-refractivity contribution in [2.24, 2.45) is 5.92 Å². The van der Waals surface area contributed by atoms with Crippen molar-refractivity contribution in [1.29, 1.82) is 0 Å². The van der Waals surface area contributed by atoms with Gasteiger partial charge in [0.25, 0.3) is 0 Å². The van der Waals surface area contributed by atoms with Gasteiger partial charge in [0.1, 0.15) is 17.3 Å². The smallest absolute Gasteiger partial charge is 0.146 e. The third-order valence-corrected chi connectivity index (χ3v) is 4.77. The second kappa shape index (κ2) is 5.08. The van der Waals surface area contributed by atoms with E-state index < -0.39 is 0 Å². The van der Waals surface area contributed by atoms with E-state index in [9.17, 15) is 0 Å². The van der Waals surface area contributed by atoms with Crippen molar-refractivity contribution in [2.45, 2.75) is 59.4 Å². The molecule has 0 atom stereocenters. The van der Waals surface area contributed by atoms with Crippen molar-refractivity contribution in [2.75, 3.05) is 5.73 Å². The van der Waals surface area contributed by atoms with E-state index >= 15 is 0 Å². The van der Waals surface area contributed by atoms with E-state index in [1.54, 1.807) is 0 Å². The molecule has 1 aliphatic rings. The Labute approximate surface area is 120 Å². The van der Waals surface area contributed by atoms with Gasteiger partial charge in [-0.05, 0) is 45.1 Å². The van der Waals surface area contributed by atoms with E-state index in [0.29, 0.717) is 5.82 Å². The number of aromatic nitrogens is 3. The highest BCUT2D eigenvalue weighted by Gasteiger charge is 2.20. The zero-order valence-electron chi connectivity index (χ0n) is 12.7. The maximum absolute atomic E-state index is 6.11. The lowest BCUT2D eigenvalue weighted by Crippen LogP contribution is -2.15. The van der Waals surface area contributed by atoms with E-state index in [1.165, 1.54) is 43.4 Å². The van der Waals surface area contributed by atoms with Crippen molar-refractivity contribution < 1.29 is 0 Å². The van der Waals surface area contributed by atoms with Crippen LogP contribution < -0.4 is 5.73 Å². The van der Waals surface area contributed by atoms with Gasteiger partial charge in [-0.1, -0.05) is 19.3 Å². The summed E-state index contributed by atoms with van der Waals surface area (Å²) in [5.74, 6) is 2.17. The Kier molecular flexibility index (Phi) is 3.40. The molecular formula is C16H24N4. The summed E-state index contributed by atoms with van der Waals surface area (Å²) in [6.45, 7) is 7.29. The molecule has 1 fully saturated rings. The van der Waals surface area contributed by atoms with Gasteiger partial charge >= 0.3 is 0 Å². The fourth-order valence-corrected chi connectivity index (χ4v) is 3.53. The molecule has 0 aliphatic heterocycles. The molecule has 20 heavy (non-hydrogen) atoms. The molecular weight excluding hydrogens is 248 g/mol. The number of nitrogen functional groups attached to an aromatic ring is 1. The summed E-state index contributed by atoms with van der Waals surface area (Å²) in [5, 5.41) is 1.05. The summed E-state index contributed by atoms with van der Waals surface area (Å²) in [5.41, 5.74) is 9.65. The zero-order valence-corrected chi connectivity index (χ0v) is 12.7. The van der Waals surface area contributed by atoms with Crippen molar-refractivity contribution in [3.63, 3.8) is 0 Å². The van der Waals surface area contributed by atoms with Gasteiger partial charge in [0.05, 0.1) is 5.39 Å². The first kappa shape index (κ1) is 13.4. The summed E-state index contributed by atoms with van der Waals surface area (Å²) < 4.78 is 2.37. The molecule has 2 N–H and O–H groups in total. The predicted molar refractivity (Wildman–Crippen MR) is 82.7 cm³/mol. The Morgan fingerprint density at radius 3 is 2.50 bits per heavy atom. The highest BCUT2D eigenvalue weighted by atomic mass is 15.1. The lowest BCUT2D eigenvalue weighted by molar-refractivity contribution is 0.320. The van der Waals surface area contributed by atoms with Crippen LogP contribution in [-0.4, -0.2) is 14.5 Å². The fourth-order valence-electron chi connectivity index (χ4n) is 3.53. The molecule has 4 nitrogen and oxygen atoms in total. The summed E-state index contributed by atoms with van der Waals surface area (Å²) in [7, 11) is 0. The van der Waals surface area contributed by atoms with Crippen LogP contribution in [0.1, 0.15) is 49.2 Å². The topological polar surface area (TPSA) is 56.7 Å². The zero-order chi connectivity index (χ0) is 14.3. The number of hydrogen-bond acceptors (Lipinski definition) is 3. The second-order valence-corrected chi connectivity index (χ2v) is 6.18. The average molecular weight is 272 g/mol. The summed E-state index contributed by atoms with van der Waals surface area (Å²) >= 11 is 0. The minimum Gasteiger partial charge on any atom is -0.383 e. The first-order valence-corrected chi connectivity index (χ1v) is 7.67. The minimum absolute atomic E-state index is 0.621. The number of anilines is 1. The maximum Gasteiger partial charge on any atom is 0.146 e. The van der Waals surface area contributed by atoms with Crippen LogP contribution >= 0.6 is 0 Å². The quantitative estimate of drug-likeness (QED) is 0.910. The van der Waals surface area contributed by atoms with Crippen molar-refractivity contribution in [3.8, 4) is 0 Å². The number of nitrogens with two attached hydrogens (primary N) is 1. The van der Waals surface area contributed by atoms with Crippen LogP contribution in [0.4, 0.5) is 5.82 Å². The van der Waals surface area contributed by atoms with Crippen LogP contribution in [0.5, 0.6) is 0 Å².